The number of hydrogen-bond donors (Lipinski definition) is 0. The number of rotatable bonds is 3. The third-order valence-corrected chi connectivity index (χ3v) is 2.74. The molecule has 0 amide bonds. The van der Waals surface area contributed by atoms with Gasteiger partial charge in [-0.1, -0.05) is 11.6 Å². The van der Waals surface area contributed by atoms with E-state index in [1.807, 2.05) is 0 Å². The van der Waals surface area contributed by atoms with E-state index in [2.05, 4.69) is 0 Å². The Kier molecular flexibility index (Phi) is 3.47. The van der Waals surface area contributed by atoms with E-state index in [9.17, 15) is 30.3 Å². The predicted octanol–water partition coefficient (Wildman–Crippen LogP) is 2.68. The van der Waals surface area contributed by atoms with E-state index < -0.39 is 36.9 Å². The molecule has 1 rings (SSSR count). The van der Waals surface area contributed by atoms with Crippen LogP contribution >= 0.6 is 11.6 Å². The first-order valence-electron chi connectivity index (χ1n) is 4.46. The maximum absolute atomic E-state index is 10.8. The quantitative estimate of drug-likeness (QED) is 0.615. The van der Waals surface area contributed by atoms with Crippen molar-refractivity contribution in [2.75, 3.05) is 0 Å². The lowest BCUT2D eigenvalue weighted by Crippen LogP contribution is -2.05. The molecule has 10 heteroatoms. The first-order valence-corrected chi connectivity index (χ1v) is 4.83. The van der Waals surface area contributed by atoms with Crippen LogP contribution in [0, 0.1) is 44.2 Å². The minimum absolute atomic E-state index is 0.307. The molecule has 0 saturated carbocycles. The van der Waals surface area contributed by atoms with Gasteiger partial charge >= 0.3 is 11.4 Å². The Morgan fingerprint density at radius 1 is 0.778 bits per heavy atom. The molecule has 0 fully saturated rings. The first kappa shape index (κ1) is 13.8. The summed E-state index contributed by atoms with van der Waals surface area (Å²) in [6.07, 6.45) is 0. The molecule has 0 unspecified atom stereocenters. The molecule has 0 aliphatic carbocycles. The molecule has 0 radical (unpaired) electrons. The molecule has 0 saturated heterocycles. The normalized spacial score (nSPS) is 10.2. The molecule has 0 aliphatic rings. The van der Waals surface area contributed by atoms with E-state index >= 15 is 0 Å². The Morgan fingerprint density at radius 2 is 1.06 bits per heavy atom. The third kappa shape index (κ3) is 1.95. The van der Waals surface area contributed by atoms with Gasteiger partial charge in [0.1, 0.15) is 11.1 Å². The summed E-state index contributed by atoms with van der Waals surface area (Å²) < 4.78 is 0. The second kappa shape index (κ2) is 4.53. The SMILES string of the molecule is Cc1c([N+](=O)[O-])c(C)c([N+](=O)[O-])c(Cl)c1[N+](=O)[O-]. The topological polar surface area (TPSA) is 129 Å². The molecular formula is C8H6ClN3O6. The highest BCUT2D eigenvalue weighted by atomic mass is 35.5. The number of benzene rings is 1. The van der Waals surface area contributed by atoms with Crippen molar-refractivity contribution in [3.05, 3.63) is 46.5 Å². The summed E-state index contributed by atoms with van der Waals surface area (Å²) in [5.41, 5.74) is -2.92. The zero-order valence-electron chi connectivity index (χ0n) is 9.17. The molecule has 0 aliphatic heterocycles. The van der Waals surface area contributed by atoms with E-state index in [0.29, 0.717) is 0 Å². The predicted molar refractivity (Wildman–Crippen MR) is 60.9 cm³/mol. The maximum Gasteiger partial charge on any atom is 0.304 e. The van der Waals surface area contributed by atoms with Crippen LogP contribution in [0.5, 0.6) is 0 Å². The Morgan fingerprint density at radius 3 is 1.28 bits per heavy atom. The number of nitro benzene ring substituents is 3. The second-order valence-electron chi connectivity index (χ2n) is 3.38. The molecule has 1 aromatic carbocycles. The van der Waals surface area contributed by atoms with Crippen molar-refractivity contribution >= 4 is 28.7 Å². The summed E-state index contributed by atoms with van der Waals surface area (Å²) in [6, 6.07) is 0. The zero-order chi connectivity index (χ0) is 14.2. The third-order valence-electron chi connectivity index (χ3n) is 2.38. The highest BCUT2D eigenvalue weighted by Gasteiger charge is 2.37. The van der Waals surface area contributed by atoms with Crippen molar-refractivity contribution in [2.24, 2.45) is 0 Å². The van der Waals surface area contributed by atoms with Crippen molar-refractivity contribution in [1.82, 2.24) is 0 Å². The van der Waals surface area contributed by atoms with Gasteiger partial charge in [0.05, 0.1) is 14.8 Å². The molecule has 96 valence electrons. The molecule has 0 heterocycles. The molecule has 9 nitrogen and oxygen atoms in total. The van der Waals surface area contributed by atoms with E-state index in [1.54, 1.807) is 0 Å². The average molecular weight is 276 g/mol. The van der Waals surface area contributed by atoms with Gasteiger partial charge in [-0.25, -0.2) is 0 Å². The molecule has 0 spiro atoms. The van der Waals surface area contributed by atoms with Gasteiger partial charge in [-0.05, 0) is 13.8 Å². The van der Waals surface area contributed by atoms with Gasteiger partial charge in [-0.15, -0.1) is 0 Å². The fourth-order valence-electron chi connectivity index (χ4n) is 1.65. The van der Waals surface area contributed by atoms with E-state index in [1.165, 1.54) is 0 Å². The van der Waals surface area contributed by atoms with Crippen molar-refractivity contribution in [1.29, 1.82) is 0 Å². The number of nitro groups is 3. The van der Waals surface area contributed by atoms with Crippen LogP contribution in [-0.4, -0.2) is 14.8 Å². The molecule has 0 bridgehead atoms. The molecule has 1 aromatic rings. The van der Waals surface area contributed by atoms with Crippen LogP contribution in [-0.2, 0) is 0 Å². The Hall–Kier alpha value is -2.29. The highest BCUT2D eigenvalue weighted by molar-refractivity contribution is 6.35. The smallest absolute Gasteiger partial charge is 0.258 e. The van der Waals surface area contributed by atoms with Crippen LogP contribution in [0.3, 0.4) is 0 Å². The molecular weight excluding hydrogens is 270 g/mol. The number of hydrogen-bond acceptors (Lipinski definition) is 6. The zero-order valence-corrected chi connectivity index (χ0v) is 9.93. The van der Waals surface area contributed by atoms with Gasteiger partial charge in [0.2, 0.25) is 0 Å². The Balaban J connectivity index is 3.94. The summed E-state index contributed by atoms with van der Waals surface area (Å²) in [7, 11) is 0. The van der Waals surface area contributed by atoms with Crippen LogP contribution in [0.25, 0.3) is 0 Å². The van der Waals surface area contributed by atoms with Crippen molar-refractivity contribution in [3.8, 4) is 0 Å². The summed E-state index contributed by atoms with van der Waals surface area (Å²) in [6.45, 7) is 2.25. The fraction of sp³-hybridized carbons (Fsp3) is 0.250. The van der Waals surface area contributed by atoms with E-state index in [-0.39, 0.29) is 11.1 Å². The van der Waals surface area contributed by atoms with Crippen LogP contribution in [0.4, 0.5) is 17.1 Å². The van der Waals surface area contributed by atoms with Crippen molar-refractivity contribution < 1.29 is 14.8 Å². The lowest BCUT2D eigenvalue weighted by Gasteiger charge is -2.05. The maximum atomic E-state index is 10.8. The summed E-state index contributed by atoms with van der Waals surface area (Å²) in [5.74, 6) is 0. The lowest BCUT2D eigenvalue weighted by molar-refractivity contribution is -0.404. The minimum Gasteiger partial charge on any atom is -0.258 e. The molecule has 18 heavy (non-hydrogen) atoms. The molecule has 0 atom stereocenters. The molecule has 0 aromatic heterocycles. The van der Waals surface area contributed by atoms with E-state index in [0.717, 1.165) is 13.8 Å². The van der Waals surface area contributed by atoms with Gasteiger partial charge in [0.25, 0.3) is 5.69 Å². The minimum atomic E-state index is -0.975. The van der Waals surface area contributed by atoms with Gasteiger partial charge in [0.15, 0.2) is 5.02 Å². The fourth-order valence-corrected chi connectivity index (χ4v) is 2.08. The van der Waals surface area contributed by atoms with Gasteiger partial charge in [-0.3, -0.25) is 30.3 Å². The first-order chi connectivity index (χ1) is 8.20. The van der Waals surface area contributed by atoms with Crippen molar-refractivity contribution in [3.63, 3.8) is 0 Å². The second-order valence-corrected chi connectivity index (χ2v) is 3.76. The van der Waals surface area contributed by atoms with E-state index in [4.69, 9.17) is 11.6 Å². The Labute approximate surface area is 104 Å². The van der Waals surface area contributed by atoms with Gasteiger partial charge < -0.3 is 0 Å². The standard InChI is InChI=1S/C8H6ClN3O6/c1-3-6(10(13)14)4(2)8(12(17)18)5(9)7(3)11(15)16/h1-2H3. The summed E-state index contributed by atoms with van der Waals surface area (Å²) in [5, 5.41) is 31.7. The van der Waals surface area contributed by atoms with Crippen LogP contribution in [0.2, 0.25) is 5.02 Å². The monoisotopic (exact) mass is 275 g/mol. The van der Waals surface area contributed by atoms with Gasteiger partial charge in [0, 0.05) is 0 Å². The van der Waals surface area contributed by atoms with Crippen LogP contribution < -0.4 is 0 Å². The largest absolute Gasteiger partial charge is 0.304 e. The summed E-state index contributed by atoms with van der Waals surface area (Å²) in [4.78, 5) is 29.5. The van der Waals surface area contributed by atoms with Crippen LogP contribution in [0.15, 0.2) is 0 Å². The number of nitrogens with zero attached hydrogens (tertiary/aromatic N) is 3. The number of halogens is 1. The molecule has 0 N–H and O–H groups in total. The summed E-state index contributed by atoms with van der Waals surface area (Å²) >= 11 is 5.58. The van der Waals surface area contributed by atoms with Crippen LogP contribution in [0.1, 0.15) is 11.1 Å². The Bertz CT molecular complexity index is 483. The van der Waals surface area contributed by atoms with Gasteiger partial charge in [-0.2, -0.15) is 0 Å². The lowest BCUT2D eigenvalue weighted by atomic mass is 10.0. The van der Waals surface area contributed by atoms with Crippen molar-refractivity contribution in [2.45, 2.75) is 13.8 Å². The highest BCUT2D eigenvalue weighted by Crippen LogP contribution is 2.44. The average Bonchev–Trinajstić information content (AvgIpc) is 2.14.